The first kappa shape index (κ1) is 28.7. The molecule has 0 aliphatic rings. The van der Waals surface area contributed by atoms with Gasteiger partial charge in [0, 0.05) is 42.8 Å². The summed E-state index contributed by atoms with van der Waals surface area (Å²) in [6, 6.07) is 20.7. The third kappa shape index (κ3) is 7.45. The molecule has 212 valence electrons. The van der Waals surface area contributed by atoms with Gasteiger partial charge in [-0.1, -0.05) is 48.0 Å². The SMILES string of the molecule is CN(C)Cc1ccc(Nc2ncc3cc(C=CCNC(=O)c4cccn(Cc5ccc(Cl)nc5)c4=O)ccc3n2)cc1. The topological polar surface area (TPSA) is 105 Å². The van der Waals surface area contributed by atoms with Crippen molar-refractivity contribution in [3.63, 3.8) is 0 Å². The molecule has 3 aromatic heterocycles. The van der Waals surface area contributed by atoms with Crippen molar-refractivity contribution in [1.82, 2.24) is 29.7 Å². The Bertz CT molecular complexity index is 1780. The molecule has 42 heavy (non-hydrogen) atoms. The molecular formula is C32H30ClN7O2. The second-order valence-electron chi connectivity index (χ2n) is 10.0. The van der Waals surface area contributed by atoms with E-state index >= 15 is 0 Å². The van der Waals surface area contributed by atoms with Gasteiger partial charge in [0.15, 0.2) is 0 Å². The average molecular weight is 580 g/mol. The third-order valence-corrected chi connectivity index (χ3v) is 6.63. The minimum Gasteiger partial charge on any atom is -0.348 e. The minimum atomic E-state index is -0.437. The number of anilines is 2. The molecule has 0 aliphatic carbocycles. The van der Waals surface area contributed by atoms with Gasteiger partial charge in [0.25, 0.3) is 11.5 Å². The highest BCUT2D eigenvalue weighted by atomic mass is 35.5. The van der Waals surface area contributed by atoms with Gasteiger partial charge in [-0.05, 0) is 73.3 Å². The van der Waals surface area contributed by atoms with Gasteiger partial charge in [0.2, 0.25) is 5.95 Å². The van der Waals surface area contributed by atoms with Gasteiger partial charge in [0.05, 0.1) is 12.1 Å². The zero-order valence-corrected chi connectivity index (χ0v) is 24.0. The van der Waals surface area contributed by atoms with Crippen molar-refractivity contribution in [3.8, 4) is 0 Å². The molecule has 9 nitrogen and oxygen atoms in total. The molecule has 0 saturated carbocycles. The quantitative estimate of drug-likeness (QED) is 0.221. The van der Waals surface area contributed by atoms with E-state index in [1.807, 2.05) is 56.6 Å². The molecule has 1 amide bonds. The second-order valence-corrected chi connectivity index (χ2v) is 10.4. The number of hydrogen-bond donors (Lipinski definition) is 2. The van der Waals surface area contributed by atoms with Crippen molar-refractivity contribution in [2.75, 3.05) is 26.0 Å². The van der Waals surface area contributed by atoms with Gasteiger partial charge in [-0.2, -0.15) is 0 Å². The summed E-state index contributed by atoms with van der Waals surface area (Å²) in [6.45, 7) is 1.44. The third-order valence-electron chi connectivity index (χ3n) is 6.41. The van der Waals surface area contributed by atoms with Crippen LogP contribution >= 0.6 is 11.6 Å². The summed E-state index contributed by atoms with van der Waals surface area (Å²) in [5.41, 5.74) is 4.42. The molecule has 0 fully saturated rings. The Morgan fingerprint density at radius 1 is 1.00 bits per heavy atom. The van der Waals surface area contributed by atoms with Crippen LogP contribution in [-0.2, 0) is 13.1 Å². The Labute approximate surface area is 248 Å². The smallest absolute Gasteiger partial charge is 0.263 e. The molecule has 0 atom stereocenters. The Kier molecular flexibility index (Phi) is 9.01. The van der Waals surface area contributed by atoms with E-state index in [1.54, 1.807) is 36.8 Å². The molecule has 5 rings (SSSR count). The van der Waals surface area contributed by atoms with Crippen molar-refractivity contribution in [2.24, 2.45) is 0 Å². The van der Waals surface area contributed by atoms with Crippen molar-refractivity contribution in [1.29, 1.82) is 0 Å². The van der Waals surface area contributed by atoms with Crippen LogP contribution in [0.15, 0.2) is 96.2 Å². The van der Waals surface area contributed by atoms with Gasteiger partial charge in [-0.3, -0.25) is 9.59 Å². The predicted octanol–water partition coefficient (Wildman–Crippen LogP) is 5.14. The number of hydrogen-bond acceptors (Lipinski definition) is 7. The van der Waals surface area contributed by atoms with E-state index in [-0.39, 0.29) is 24.2 Å². The van der Waals surface area contributed by atoms with Gasteiger partial charge >= 0.3 is 0 Å². The van der Waals surface area contributed by atoms with Crippen LogP contribution < -0.4 is 16.2 Å². The molecule has 0 aliphatic heterocycles. The van der Waals surface area contributed by atoms with Crippen molar-refractivity contribution < 1.29 is 4.79 Å². The normalized spacial score (nSPS) is 11.3. The van der Waals surface area contributed by atoms with E-state index in [4.69, 9.17) is 11.6 Å². The highest BCUT2D eigenvalue weighted by molar-refractivity contribution is 6.29. The Balaban J connectivity index is 1.17. The highest BCUT2D eigenvalue weighted by Gasteiger charge is 2.11. The van der Waals surface area contributed by atoms with Gasteiger partial charge in [0.1, 0.15) is 10.7 Å². The largest absolute Gasteiger partial charge is 0.348 e. The summed E-state index contributed by atoms with van der Waals surface area (Å²) in [4.78, 5) is 40.8. The summed E-state index contributed by atoms with van der Waals surface area (Å²) < 4.78 is 1.47. The van der Waals surface area contributed by atoms with Crippen molar-refractivity contribution in [2.45, 2.75) is 13.1 Å². The number of carbonyl (C=O) groups is 1. The fourth-order valence-electron chi connectivity index (χ4n) is 4.38. The lowest BCUT2D eigenvalue weighted by atomic mass is 10.1. The number of amides is 1. The molecule has 3 heterocycles. The van der Waals surface area contributed by atoms with E-state index < -0.39 is 5.91 Å². The van der Waals surface area contributed by atoms with Crippen LogP contribution in [0.3, 0.4) is 0 Å². The molecule has 0 unspecified atom stereocenters. The molecule has 0 saturated heterocycles. The van der Waals surface area contributed by atoms with E-state index in [2.05, 4.69) is 42.6 Å². The van der Waals surface area contributed by atoms with Gasteiger partial charge < -0.3 is 20.1 Å². The maximum Gasteiger partial charge on any atom is 0.263 e. The van der Waals surface area contributed by atoms with E-state index in [0.717, 1.165) is 34.3 Å². The van der Waals surface area contributed by atoms with Crippen LogP contribution in [0, 0.1) is 0 Å². The van der Waals surface area contributed by atoms with Crippen LogP contribution in [0.25, 0.3) is 17.0 Å². The number of rotatable bonds is 10. The van der Waals surface area contributed by atoms with Crippen molar-refractivity contribution >= 4 is 46.1 Å². The summed E-state index contributed by atoms with van der Waals surface area (Å²) in [7, 11) is 4.09. The van der Waals surface area contributed by atoms with E-state index in [1.165, 1.54) is 16.2 Å². The standard InChI is InChI=1S/C32H30ClN7O2/c1-39(2)20-23-7-11-26(12-8-23)37-32-36-19-25-17-22(9-13-28(25)38-32)5-3-15-34-30(41)27-6-4-16-40(31(27)42)21-24-10-14-29(33)35-18-24/h3-14,16-19H,15,20-21H2,1-2H3,(H,34,41)(H,36,37,38). The van der Waals surface area contributed by atoms with Crippen LogP contribution in [0.5, 0.6) is 0 Å². The first-order valence-corrected chi connectivity index (χ1v) is 13.7. The molecule has 0 radical (unpaired) electrons. The lowest BCUT2D eigenvalue weighted by Gasteiger charge is -2.11. The Morgan fingerprint density at radius 2 is 1.81 bits per heavy atom. The second kappa shape index (κ2) is 13.2. The van der Waals surface area contributed by atoms with Crippen LogP contribution in [0.1, 0.15) is 27.0 Å². The number of nitrogens with zero attached hydrogens (tertiary/aromatic N) is 5. The number of halogens is 1. The average Bonchev–Trinajstić information content (AvgIpc) is 2.98. The van der Waals surface area contributed by atoms with Crippen LogP contribution in [-0.4, -0.2) is 51.0 Å². The van der Waals surface area contributed by atoms with Crippen LogP contribution in [0.4, 0.5) is 11.6 Å². The summed E-state index contributed by atoms with van der Waals surface area (Å²) in [5.74, 6) is 0.0891. The monoisotopic (exact) mass is 579 g/mol. The lowest BCUT2D eigenvalue weighted by molar-refractivity contribution is 0.0956. The maximum atomic E-state index is 12.9. The first-order valence-electron chi connectivity index (χ1n) is 13.4. The van der Waals surface area contributed by atoms with E-state index in [9.17, 15) is 9.59 Å². The summed E-state index contributed by atoms with van der Waals surface area (Å²) in [6.07, 6.45) is 8.76. The fourth-order valence-corrected chi connectivity index (χ4v) is 4.49. The zero-order chi connectivity index (χ0) is 29.5. The lowest BCUT2D eigenvalue weighted by Crippen LogP contribution is -2.33. The molecule has 0 spiro atoms. The number of pyridine rings is 2. The molecule has 2 N–H and O–H groups in total. The molecule has 2 aromatic carbocycles. The molecule has 5 aromatic rings. The van der Waals surface area contributed by atoms with E-state index in [0.29, 0.717) is 11.1 Å². The zero-order valence-electron chi connectivity index (χ0n) is 23.3. The summed E-state index contributed by atoms with van der Waals surface area (Å²) in [5, 5.41) is 7.32. The highest BCUT2D eigenvalue weighted by Crippen LogP contribution is 2.19. The number of carbonyl (C=O) groups excluding carboxylic acids is 1. The summed E-state index contributed by atoms with van der Waals surface area (Å²) >= 11 is 5.84. The van der Waals surface area contributed by atoms with Gasteiger partial charge in [-0.15, -0.1) is 0 Å². The Hall–Kier alpha value is -4.86. The predicted molar refractivity (Wildman–Crippen MR) is 167 cm³/mol. The molecular weight excluding hydrogens is 550 g/mol. The number of aromatic nitrogens is 4. The molecule has 10 heteroatoms. The first-order chi connectivity index (χ1) is 20.3. The fraction of sp³-hybridized carbons (Fsp3) is 0.156. The van der Waals surface area contributed by atoms with Crippen molar-refractivity contribution in [3.05, 3.63) is 129 Å². The maximum absolute atomic E-state index is 12.9. The number of nitrogens with one attached hydrogen (secondary N) is 2. The number of benzene rings is 2. The minimum absolute atomic E-state index is 0.0737. The number of fused-ring (bicyclic) bond motifs is 1. The molecule has 0 bridgehead atoms. The Morgan fingerprint density at radius 3 is 2.57 bits per heavy atom. The van der Waals surface area contributed by atoms with Crippen LogP contribution in [0.2, 0.25) is 5.15 Å². The van der Waals surface area contributed by atoms with Gasteiger partial charge in [-0.25, -0.2) is 15.0 Å².